The Bertz CT molecular complexity index is 625. The zero-order valence-electron chi connectivity index (χ0n) is 9.68. The molecular weight excluding hydrogens is 294 g/mol. The Kier molecular flexibility index (Phi) is 3.63. The molecule has 18 heavy (non-hydrogen) atoms. The number of ketones is 1. The van der Waals surface area contributed by atoms with Crippen LogP contribution in [-0.2, 0) is 0 Å². The lowest BCUT2D eigenvalue weighted by Gasteiger charge is -2.07. The van der Waals surface area contributed by atoms with Gasteiger partial charge in [0.05, 0.1) is 6.07 Å². The van der Waals surface area contributed by atoms with Gasteiger partial charge in [-0.15, -0.1) is 0 Å². The highest BCUT2D eigenvalue weighted by atomic mass is 79.9. The summed E-state index contributed by atoms with van der Waals surface area (Å²) in [7, 11) is 0. The largest absolute Gasteiger partial charge is 0.458 e. The molecule has 0 amide bonds. The van der Waals surface area contributed by atoms with Gasteiger partial charge in [-0.3, -0.25) is 4.79 Å². The molecule has 2 aromatic rings. The van der Waals surface area contributed by atoms with Gasteiger partial charge in [0, 0.05) is 4.47 Å². The Morgan fingerprint density at radius 3 is 2.72 bits per heavy atom. The monoisotopic (exact) mass is 303 g/mol. The summed E-state index contributed by atoms with van der Waals surface area (Å²) in [6.45, 7) is 1.76. The first kappa shape index (κ1) is 12.6. The van der Waals surface area contributed by atoms with Crippen LogP contribution in [-0.4, -0.2) is 5.78 Å². The number of aryl methyl sites for hydroxylation is 1. The number of nitrogens with zero attached hydrogens (tertiary/aromatic N) is 1. The van der Waals surface area contributed by atoms with Gasteiger partial charge in [-0.05, 0) is 36.8 Å². The van der Waals surface area contributed by atoms with Gasteiger partial charge in [0.25, 0.3) is 0 Å². The van der Waals surface area contributed by atoms with Crippen LogP contribution in [0.5, 0.6) is 0 Å². The Balaban J connectivity index is 2.35. The van der Waals surface area contributed by atoms with Crippen LogP contribution in [0.25, 0.3) is 0 Å². The molecule has 1 aromatic carbocycles. The van der Waals surface area contributed by atoms with Crippen molar-refractivity contribution >= 4 is 21.7 Å². The highest BCUT2D eigenvalue weighted by Gasteiger charge is 2.24. The zero-order valence-corrected chi connectivity index (χ0v) is 11.3. The minimum atomic E-state index is -0.840. The lowest BCUT2D eigenvalue weighted by Crippen LogP contribution is -2.10. The predicted molar refractivity (Wildman–Crippen MR) is 70.3 cm³/mol. The fourth-order valence-electron chi connectivity index (χ4n) is 1.68. The van der Waals surface area contributed by atoms with Gasteiger partial charge in [0.15, 0.2) is 5.76 Å². The minimum Gasteiger partial charge on any atom is -0.458 e. The number of furan rings is 1. The van der Waals surface area contributed by atoms with Crippen LogP contribution >= 0.6 is 15.9 Å². The van der Waals surface area contributed by atoms with E-state index in [1.54, 1.807) is 37.3 Å². The highest BCUT2D eigenvalue weighted by molar-refractivity contribution is 9.10. The quantitative estimate of drug-likeness (QED) is 0.810. The number of hydrogen-bond donors (Lipinski definition) is 0. The van der Waals surface area contributed by atoms with Crippen LogP contribution in [0.4, 0.5) is 0 Å². The van der Waals surface area contributed by atoms with Gasteiger partial charge in [-0.1, -0.05) is 28.1 Å². The molecular formula is C14H10BrNO2. The van der Waals surface area contributed by atoms with Crippen molar-refractivity contribution in [3.63, 3.8) is 0 Å². The SMILES string of the molecule is Cc1ccc(C(=O)C(C#N)c2cccc(Br)c2)o1. The summed E-state index contributed by atoms with van der Waals surface area (Å²) in [6, 6.07) is 12.5. The number of hydrogen-bond acceptors (Lipinski definition) is 3. The van der Waals surface area contributed by atoms with Crippen LogP contribution in [0.1, 0.15) is 27.8 Å². The summed E-state index contributed by atoms with van der Waals surface area (Å²) >= 11 is 3.32. The van der Waals surface area contributed by atoms with Gasteiger partial charge < -0.3 is 4.42 Å². The molecule has 1 heterocycles. The maximum Gasteiger partial charge on any atom is 0.219 e. The first-order valence-electron chi connectivity index (χ1n) is 5.37. The van der Waals surface area contributed by atoms with Crippen molar-refractivity contribution < 1.29 is 9.21 Å². The van der Waals surface area contributed by atoms with E-state index in [9.17, 15) is 10.1 Å². The highest BCUT2D eigenvalue weighted by Crippen LogP contribution is 2.24. The fourth-order valence-corrected chi connectivity index (χ4v) is 2.10. The van der Waals surface area contributed by atoms with Crippen molar-refractivity contribution in [1.82, 2.24) is 0 Å². The molecule has 0 radical (unpaired) electrons. The number of nitriles is 1. The summed E-state index contributed by atoms with van der Waals surface area (Å²) in [5, 5.41) is 9.18. The van der Waals surface area contributed by atoms with Crippen LogP contribution in [0, 0.1) is 18.3 Å². The van der Waals surface area contributed by atoms with E-state index in [4.69, 9.17) is 4.42 Å². The van der Waals surface area contributed by atoms with Crippen molar-refractivity contribution in [2.24, 2.45) is 0 Å². The fraction of sp³-hybridized carbons (Fsp3) is 0.143. The summed E-state index contributed by atoms with van der Waals surface area (Å²) in [5.41, 5.74) is 0.658. The maximum atomic E-state index is 12.2. The van der Waals surface area contributed by atoms with E-state index in [1.807, 2.05) is 12.1 Å². The number of carbonyl (C=O) groups is 1. The first-order valence-corrected chi connectivity index (χ1v) is 6.17. The smallest absolute Gasteiger partial charge is 0.219 e. The topological polar surface area (TPSA) is 54.0 Å². The van der Waals surface area contributed by atoms with Crippen molar-refractivity contribution in [3.8, 4) is 6.07 Å². The predicted octanol–water partition coefficient (Wildman–Crippen LogP) is 3.84. The molecule has 1 atom stereocenters. The third kappa shape index (κ3) is 2.52. The lowest BCUT2D eigenvalue weighted by molar-refractivity contribution is 0.0950. The normalized spacial score (nSPS) is 11.8. The maximum absolute atomic E-state index is 12.2. The molecule has 3 nitrogen and oxygen atoms in total. The third-order valence-corrected chi connectivity index (χ3v) is 3.05. The van der Waals surface area contributed by atoms with E-state index >= 15 is 0 Å². The molecule has 1 aromatic heterocycles. The number of Topliss-reactive ketones (excluding diaryl/α,β-unsaturated/α-hetero) is 1. The van der Waals surface area contributed by atoms with Crippen molar-refractivity contribution in [1.29, 1.82) is 5.26 Å². The van der Waals surface area contributed by atoms with E-state index in [0.29, 0.717) is 11.3 Å². The molecule has 0 aliphatic rings. The summed E-state index contributed by atoms with van der Waals surface area (Å²) < 4.78 is 6.10. The minimum absolute atomic E-state index is 0.221. The Labute approximate surface area is 113 Å². The molecule has 0 fully saturated rings. The number of benzene rings is 1. The van der Waals surface area contributed by atoms with Crippen LogP contribution in [0.2, 0.25) is 0 Å². The van der Waals surface area contributed by atoms with Gasteiger partial charge in [-0.2, -0.15) is 5.26 Å². The second-order valence-corrected chi connectivity index (χ2v) is 4.81. The Hall–Kier alpha value is -1.86. The van der Waals surface area contributed by atoms with Crippen molar-refractivity contribution in [3.05, 3.63) is 58.0 Å². The molecule has 2 rings (SSSR count). The molecule has 0 saturated carbocycles. The van der Waals surface area contributed by atoms with Crippen LogP contribution in [0.3, 0.4) is 0 Å². The second kappa shape index (κ2) is 5.19. The van der Waals surface area contributed by atoms with E-state index in [1.165, 1.54) is 0 Å². The standard InChI is InChI=1S/C14H10BrNO2/c1-9-5-6-13(18-9)14(17)12(8-16)10-3-2-4-11(15)7-10/h2-7,12H,1H3. The van der Waals surface area contributed by atoms with E-state index in [2.05, 4.69) is 15.9 Å². The van der Waals surface area contributed by atoms with Crippen LogP contribution < -0.4 is 0 Å². The molecule has 0 aliphatic carbocycles. The van der Waals surface area contributed by atoms with Crippen molar-refractivity contribution in [2.75, 3.05) is 0 Å². The summed E-state index contributed by atoms with van der Waals surface area (Å²) in [6.07, 6.45) is 0. The van der Waals surface area contributed by atoms with Crippen LogP contribution in [0.15, 0.2) is 45.3 Å². The number of rotatable bonds is 3. The number of halogens is 1. The molecule has 4 heteroatoms. The van der Waals surface area contributed by atoms with E-state index < -0.39 is 5.92 Å². The van der Waals surface area contributed by atoms with Gasteiger partial charge in [0.2, 0.25) is 5.78 Å². The zero-order chi connectivity index (χ0) is 13.1. The van der Waals surface area contributed by atoms with Gasteiger partial charge >= 0.3 is 0 Å². The molecule has 0 aliphatic heterocycles. The molecule has 0 saturated heterocycles. The Morgan fingerprint density at radius 1 is 1.39 bits per heavy atom. The average Bonchev–Trinajstić information content (AvgIpc) is 2.77. The Morgan fingerprint density at radius 2 is 2.17 bits per heavy atom. The van der Waals surface area contributed by atoms with Gasteiger partial charge in [0.1, 0.15) is 11.7 Å². The molecule has 0 bridgehead atoms. The summed E-state index contributed by atoms with van der Waals surface area (Å²) in [5.74, 6) is -0.278. The first-order chi connectivity index (χ1) is 8.61. The lowest BCUT2D eigenvalue weighted by atomic mass is 9.95. The van der Waals surface area contributed by atoms with E-state index in [0.717, 1.165) is 4.47 Å². The van der Waals surface area contributed by atoms with Crippen molar-refractivity contribution in [2.45, 2.75) is 12.8 Å². The second-order valence-electron chi connectivity index (χ2n) is 3.89. The van der Waals surface area contributed by atoms with E-state index in [-0.39, 0.29) is 11.5 Å². The molecule has 0 spiro atoms. The average molecular weight is 304 g/mol. The van der Waals surface area contributed by atoms with Gasteiger partial charge in [-0.25, -0.2) is 0 Å². The third-order valence-electron chi connectivity index (χ3n) is 2.56. The molecule has 0 N–H and O–H groups in total. The summed E-state index contributed by atoms with van der Waals surface area (Å²) in [4.78, 5) is 12.2. The molecule has 1 unspecified atom stereocenters. The molecule has 90 valence electrons. The number of carbonyl (C=O) groups excluding carboxylic acids is 1.